The largest absolute Gasteiger partial charge is 0.389 e. The van der Waals surface area contributed by atoms with Gasteiger partial charge in [0.25, 0.3) is 0 Å². The molecule has 1 aromatic carbocycles. The van der Waals surface area contributed by atoms with Gasteiger partial charge < -0.3 is 9.88 Å². The highest BCUT2D eigenvalue weighted by Crippen LogP contribution is 2.38. The number of hydrogen-bond acceptors (Lipinski definition) is 3. The fraction of sp³-hybridized carbons (Fsp3) is 0.481. The van der Waals surface area contributed by atoms with Crippen LogP contribution in [0.5, 0.6) is 0 Å². The monoisotopic (exact) mass is 483 g/mol. The number of likely N-dealkylation sites (tertiary alicyclic amines) is 1. The summed E-state index contributed by atoms with van der Waals surface area (Å²) in [5, 5.41) is 9.49. The van der Waals surface area contributed by atoms with Crippen molar-refractivity contribution in [3.63, 3.8) is 0 Å². The summed E-state index contributed by atoms with van der Waals surface area (Å²) in [4.78, 5) is 5.83. The lowest BCUT2D eigenvalue weighted by Crippen LogP contribution is -2.34. The molecular formula is C27H32F3N5. The molecule has 4 heterocycles. The molecular weight excluding hydrogens is 451 g/mol. The third-order valence-corrected chi connectivity index (χ3v) is 7.33. The smallest absolute Gasteiger partial charge is 0.354 e. The average Bonchev–Trinajstić information content (AvgIpc) is 3.43. The van der Waals surface area contributed by atoms with Gasteiger partial charge >= 0.3 is 6.18 Å². The molecule has 0 saturated carbocycles. The Balaban J connectivity index is 1.39. The third kappa shape index (κ3) is 4.94. The maximum Gasteiger partial charge on any atom is 0.389 e. The van der Waals surface area contributed by atoms with Crippen molar-refractivity contribution in [1.29, 1.82) is 0 Å². The molecule has 35 heavy (non-hydrogen) atoms. The van der Waals surface area contributed by atoms with Crippen LogP contribution in [0.2, 0.25) is 0 Å². The first kappa shape index (κ1) is 23.9. The van der Waals surface area contributed by atoms with Gasteiger partial charge in [0.1, 0.15) is 0 Å². The maximum atomic E-state index is 12.5. The molecule has 3 aromatic heterocycles. The van der Waals surface area contributed by atoms with E-state index >= 15 is 0 Å². The number of pyridine rings is 1. The molecule has 4 aromatic rings. The van der Waals surface area contributed by atoms with Gasteiger partial charge in [-0.25, -0.2) is 4.52 Å². The Kier molecular flexibility index (Phi) is 6.34. The molecule has 186 valence electrons. The van der Waals surface area contributed by atoms with E-state index in [2.05, 4.69) is 65.2 Å². The summed E-state index contributed by atoms with van der Waals surface area (Å²) in [6, 6.07) is 8.90. The summed E-state index contributed by atoms with van der Waals surface area (Å²) in [5.41, 5.74) is 8.08. The lowest BCUT2D eigenvalue weighted by atomic mass is 9.87. The van der Waals surface area contributed by atoms with Gasteiger partial charge in [-0.3, -0.25) is 0 Å². The normalized spacial score (nSPS) is 16.2. The standard InChI is InChI=1S/C27H32F3N5/c1-17(2)25-22-14-20(19-7-11-34(12-8-19)10-4-9-27(28,29)30)5-6-23(22)32-26(25)21-13-18(3)24-15-31-33-35(24)16-21/h5-6,13-17,19,32H,4,7-12H2,1-3H3. The van der Waals surface area contributed by atoms with Crippen molar-refractivity contribution in [1.82, 2.24) is 24.7 Å². The first-order valence-electron chi connectivity index (χ1n) is 12.5. The van der Waals surface area contributed by atoms with E-state index in [9.17, 15) is 13.2 Å². The van der Waals surface area contributed by atoms with Gasteiger partial charge in [0.15, 0.2) is 0 Å². The van der Waals surface area contributed by atoms with E-state index in [0.717, 1.165) is 53.8 Å². The SMILES string of the molecule is Cc1cc(-c2[nH]c3ccc(C4CCN(CCCC(F)(F)F)CC4)cc3c2C(C)C)cn2nncc12. The highest BCUT2D eigenvalue weighted by molar-refractivity contribution is 5.92. The summed E-state index contributed by atoms with van der Waals surface area (Å²) in [7, 11) is 0. The number of halogens is 3. The quantitative estimate of drug-likeness (QED) is 0.327. The van der Waals surface area contributed by atoms with Gasteiger partial charge in [-0.1, -0.05) is 25.1 Å². The van der Waals surface area contributed by atoms with Gasteiger partial charge in [-0.15, -0.1) is 5.10 Å². The molecule has 0 radical (unpaired) electrons. The molecule has 1 fully saturated rings. The summed E-state index contributed by atoms with van der Waals surface area (Å²) in [6.45, 7) is 8.76. The fourth-order valence-corrected chi connectivity index (χ4v) is 5.54. The van der Waals surface area contributed by atoms with E-state index in [4.69, 9.17) is 0 Å². The highest BCUT2D eigenvalue weighted by Gasteiger charge is 2.28. The zero-order valence-corrected chi connectivity index (χ0v) is 20.5. The van der Waals surface area contributed by atoms with E-state index in [0.29, 0.717) is 18.4 Å². The number of alkyl halides is 3. The topological polar surface area (TPSA) is 49.2 Å². The maximum absolute atomic E-state index is 12.5. The number of hydrogen-bond donors (Lipinski definition) is 1. The second kappa shape index (κ2) is 9.30. The summed E-state index contributed by atoms with van der Waals surface area (Å²) < 4.78 is 39.2. The van der Waals surface area contributed by atoms with Crippen LogP contribution in [0.1, 0.15) is 68.1 Å². The van der Waals surface area contributed by atoms with Crippen LogP contribution in [0, 0.1) is 6.92 Å². The van der Waals surface area contributed by atoms with Crippen molar-refractivity contribution < 1.29 is 13.2 Å². The number of piperidine rings is 1. The Morgan fingerprint density at radius 2 is 1.91 bits per heavy atom. The van der Waals surface area contributed by atoms with Gasteiger partial charge in [0.2, 0.25) is 0 Å². The molecule has 1 aliphatic heterocycles. The number of aryl methyl sites for hydroxylation is 1. The van der Waals surface area contributed by atoms with E-state index in [1.165, 1.54) is 16.5 Å². The molecule has 1 saturated heterocycles. The molecule has 5 rings (SSSR count). The van der Waals surface area contributed by atoms with E-state index in [1.807, 2.05) is 10.7 Å². The zero-order chi connectivity index (χ0) is 24.7. The Morgan fingerprint density at radius 3 is 2.63 bits per heavy atom. The predicted molar refractivity (Wildman–Crippen MR) is 133 cm³/mol. The van der Waals surface area contributed by atoms with Crippen LogP contribution in [0.4, 0.5) is 13.2 Å². The van der Waals surface area contributed by atoms with Crippen molar-refractivity contribution in [3.05, 3.63) is 53.3 Å². The molecule has 0 bridgehead atoms. The van der Waals surface area contributed by atoms with E-state index < -0.39 is 12.6 Å². The van der Waals surface area contributed by atoms with Crippen LogP contribution < -0.4 is 0 Å². The number of nitrogens with zero attached hydrogens (tertiary/aromatic N) is 4. The van der Waals surface area contributed by atoms with E-state index in [-0.39, 0.29) is 6.42 Å². The molecule has 5 nitrogen and oxygen atoms in total. The Hall–Kier alpha value is -2.87. The second-order valence-electron chi connectivity index (χ2n) is 10.2. The number of nitrogens with one attached hydrogen (secondary N) is 1. The average molecular weight is 484 g/mol. The number of aromatic amines is 1. The third-order valence-electron chi connectivity index (χ3n) is 7.33. The minimum absolute atomic E-state index is 0.184. The first-order valence-corrected chi connectivity index (χ1v) is 12.5. The van der Waals surface area contributed by atoms with Crippen molar-refractivity contribution in [3.8, 4) is 11.3 Å². The van der Waals surface area contributed by atoms with Crippen molar-refractivity contribution in [2.24, 2.45) is 0 Å². The molecule has 0 amide bonds. The number of H-pyrrole nitrogens is 1. The van der Waals surface area contributed by atoms with Crippen LogP contribution >= 0.6 is 0 Å². The van der Waals surface area contributed by atoms with Gasteiger partial charge in [0.05, 0.1) is 17.4 Å². The Labute approximate surface area is 203 Å². The van der Waals surface area contributed by atoms with Gasteiger partial charge in [-0.2, -0.15) is 13.2 Å². The molecule has 0 unspecified atom stereocenters. The van der Waals surface area contributed by atoms with Crippen LogP contribution in [0.3, 0.4) is 0 Å². The number of aromatic nitrogens is 4. The predicted octanol–water partition coefficient (Wildman–Crippen LogP) is 6.83. The van der Waals surface area contributed by atoms with Crippen LogP contribution in [0.25, 0.3) is 27.7 Å². The minimum atomic E-state index is -4.06. The first-order chi connectivity index (χ1) is 16.7. The lowest BCUT2D eigenvalue weighted by molar-refractivity contribution is -0.136. The fourth-order valence-electron chi connectivity index (χ4n) is 5.54. The summed E-state index contributed by atoms with van der Waals surface area (Å²) in [6.07, 6.45) is 1.20. The van der Waals surface area contributed by atoms with E-state index in [1.54, 1.807) is 6.20 Å². The van der Waals surface area contributed by atoms with Gasteiger partial charge in [0, 0.05) is 29.1 Å². The van der Waals surface area contributed by atoms with Crippen molar-refractivity contribution in [2.75, 3.05) is 19.6 Å². The number of benzene rings is 1. The summed E-state index contributed by atoms with van der Waals surface area (Å²) >= 11 is 0. The van der Waals surface area contributed by atoms with Crippen LogP contribution in [-0.4, -0.2) is 50.5 Å². The molecule has 0 spiro atoms. The van der Waals surface area contributed by atoms with Crippen molar-refractivity contribution in [2.45, 2.75) is 64.5 Å². The van der Waals surface area contributed by atoms with Gasteiger partial charge in [-0.05, 0) is 92.5 Å². The minimum Gasteiger partial charge on any atom is -0.354 e. The molecule has 8 heteroatoms. The Morgan fingerprint density at radius 1 is 1.14 bits per heavy atom. The molecule has 1 aliphatic rings. The molecule has 0 aliphatic carbocycles. The zero-order valence-electron chi connectivity index (χ0n) is 20.5. The number of fused-ring (bicyclic) bond motifs is 2. The van der Waals surface area contributed by atoms with Crippen LogP contribution in [0.15, 0.2) is 36.7 Å². The molecule has 0 atom stereocenters. The number of rotatable bonds is 6. The van der Waals surface area contributed by atoms with Crippen molar-refractivity contribution >= 4 is 16.4 Å². The highest BCUT2D eigenvalue weighted by atomic mass is 19.4. The Bertz CT molecular complexity index is 1330. The summed E-state index contributed by atoms with van der Waals surface area (Å²) in [5.74, 6) is 0.765. The lowest BCUT2D eigenvalue weighted by Gasteiger charge is -2.32. The second-order valence-corrected chi connectivity index (χ2v) is 10.2. The van der Waals surface area contributed by atoms with Crippen LogP contribution in [-0.2, 0) is 0 Å². The molecule has 1 N–H and O–H groups in total.